The molecule has 0 atom stereocenters. The molecule has 0 amide bonds. The van der Waals surface area contributed by atoms with Crippen molar-refractivity contribution in [1.82, 2.24) is 0 Å². The second-order valence-corrected chi connectivity index (χ2v) is 9.13. The van der Waals surface area contributed by atoms with Gasteiger partial charge in [-0.3, -0.25) is 0 Å². The number of benzene rings is 6. The van der Waals surface area contributed by atoms with Crippen LogP contribution >= 0.6 is 0 Å². The first-order valence-electron chi connectivity index (χ1n) is 12.3. The van der Waals surface area contributed by atoms with Crippen LogP contribution in [0.5, 0.6) is 0 Å². The standard InChI is InChI=1S/C34H28/c1-3-23-13-15-25(16-14-23)27-19-20-31-29(4-2)30-11-7-8-12-32(30)34(33(31)22-27)28-18-17-24-9-5-6-10-26(24)21-28/h5-22H,3-4H2,1-2H3. The zero-order valence-electron chi connectivity index (χ0n) is 19.8. The predicted octanol–water partition coefficient (Wildman–Crippen LogP) is 9.60. The average molecular weight is 437 g/mol. The number of hydrogen-bond acceptors (Lipinski definition) is 0. The molecule has 0 nitrogen and oxygen atoms in total. The second kappa shape index (κ2) is 8.47. The largest absolute Gasteiger partial charge is 0.0616 e. The molecule has 6 rings (SSSR count). The van der Waals surface area contributed by atoms with Crippen molar-refractivity contribution in [2.24, 2.45) is 0 Å². The highest BCUT2D eigenvalue weighted by molar-refractivity contribution is 6.16. The van der Waals surface area contributed by atoms with E-state index in [4.69, 9.17) is 0 Å². The third-order valence-corrected chi connectivity index (χ3v) is 7.22. The van der Waals surface area contributed by atoms with Gasteiger partial charge in [-0.05, 0) is 90.7 Å². The van der Waals surface area contributed by atoms with E-state index < -0.39 is 0 Å². The molecule has 0 aliphatic rings. The van der Waals surface area contributed by atoms with Crippen molar-refractivity contribution in [1.29, 1.82) is 0 Å². The number of fused-ring (bicyclic) bond motifs is 3. The van der Waals surface area contributed by atoms with E-state index in [9.17, 15) is 0 Å². The Morgan fingerprint density at radius 2 is 1.09 bits per heavy atom. The first-order valence-corrected chi connectivity index (χ1v) is 12.3. The van der Waals surface area contributed by atoms with E-state index in [1.807, 2.05) is 0 Å². The lowest BCUT2D eigenvalue weighted by atomic mass is 9.86. The average Bonchev–Trinajstić information content (AvgIpc) is 2.91. The SMILES string of the molecule is CCc1ccc(-c2ccc3c(CC)c4ccccc4c(-c4ccc5ccccc5c4)c3c2)cc1. The van der Waals surface area contributed by atoms with Gasteiger partial charge in [0, 0.05) is 0 Å². The summed E-state index contributed by atoms with van der Waals surface area (Å²) in [7, 11) is 0. The highest BCUT2D eigenvalue weighted by Gasteiger charge is 2.15. The normalized spacial score (nSPS) is 11.5. The van der Waals surface area contributed by atoms with Crippen molar-refractivity contribution in [3.05, 3.63) is 120 Å². The van der Waals surface area contributed by atoms with Gasteiger partial charge in [0.1, 0.15) is 0 Å². The molecule has 0 spiro atoms. The van der Waals surface area contributed by atoms with Gasteiger partial charge in [-0.1, -0.05) is 111 Å². The summed E-state index contributed by atoms with van der Waals surface area (Å²) in [4.78, 5) is 0. The lowest BCUT2D eigenvalue weighted by molar-refractivity contribution is 1.14. The van der Waals surface area contributed by atoms with Crippen molar-refractivity contribution in [2.75, 3.05) is 0 Å². The predicted molar refractivity (Wildman–Crippen MR) is 149 cm³/mol. The maximum atomic E-state index is 2.41. The second-order valence-electron chi connectivity index (χ2n) is 9.13. The fourth-order valence-electron chi connectivity index (χ4n) is 5.42. The summed E-state index contributed by atoms with van der Waals surface area (Å²) in [5.41, 5.74) is 7.97. The first-order chi connectivity index (χ1) is 16.8. The molecule has 0 aromatic heterocycles. The Kier molecular flexibility index (Phi) is 5.15. The van der Waals surface area contributed by atoms with Crippen molar-refractivity contribution in [3.8, 4) is 22.3 Å². The van der Waals surface area contributed by atoms with Crippen molar-refractivity contribution < 1.29 is 0 Å². The summed E-state index contributed by atoms with van der Waals surface area (Å²) in [5, 5.41) is 7.95. The van der Waals surface area contributed by atoms with Crippen LogP contribution in [0.1, 0.15) is 25.0 Å². The van der Waals surface area contributed by atoms with Crippen LogP contribution in [0, 0.1) is 0 Å². The number of aryl methyl sites for hydroxylation is 2. The molecule has 0 aliphatic heterocycles. The van der Waals surface area contributed by atoms with Crippen LogP contribution in [0.4, 0.5) is 0 Å². The Balaban J connectivity index is 1.70. The summed E-state index contributed by atoms with van der Waals surface area (Å²) in [6.45, 7) is 4.48. The number of rotatable bonds is 4. The van der Waals surface area contributed by atoms with Gasteiger partial charge in [-0.2, -0.15) is 0 Å². The molecule has 0 radical (unpaired) electrons. The molecule has 0 fully saturated rings. The third-order valence-electron chi connectivity index (χ3n) is 7.22. The van der Waals surface area contributed by atoms with E-state index in [0.717, 1.165) is 12.8 Å². The fraction of sp³-hybridized carbons (Fsp3) is 0.118. The molecule has 0 N–H and O–H groups in total. The summed E-state index contributed by atoms with van der Waals surface area (Å²) in [6.07, 6.45) is 2.08. The lowest BCUT2D eigenvalue weighted by Crippen LogP contribution is -1.93. The minimum atomic E-state index is 1.01. The van der Waals surface area contributed by atoms with Crippen molar-refractivity contribution in [3.63, 3.8) is 0 Å². The van der Waals surface area contributed by atoms with Gasteiger partial charge in [-0.25, -0.2) is 0 Å². The molecule has 0 saturated carbocycles. The summed E-state index contributed by atoms with van der Waals surface area (Å²) >= 11 is 0. The minimum absolute atomic E-state index is 1.01. The molecule has 0 aliphatic carbocycles. The van der Waals surface area contributed by atoms with Gasteiger partial charge < -0.3 is 0 Å². The topological polar surface area (TPSA) is 0 Å². The molecule has 6 aromatic rings. The highest BCUT2D eigenvalue weighted by Crippen LogP contribution is 2.41. The van der Waals surface area contributed by atoms with Crippen LogP contribution < -0.4 is 0 Å². The van der Waals surface area contributed by atoms with Gasteiger partial charge in [-0.15, -0.1) is 0 Å². The van der Waals surface area contributed by atoms with Crippen LogP contribution in [-0.2, 0) is 12.8 Å². The van der Waals surface area contributed by atoms with E-state index in [2.05, 4.69) is 123 Å². The quantitative estimate of drug-likeness (QED) is 0.241. The Labute approximate surface area is 201 Å². The van der Waals surface area contributed by atoms with Crippen LogP contribution in [0.2, 0.25) is 0 Å². The molecule has 0 heteroatoms. The Hall–Kier alpha value is -3.90. The Bertz CT molecular complexity index is 1650. The molecular formula is C34H28. The van der Waals surface area contributed by atoms with Crippen LogP contribution in [-0.4, -0.2) is 0 Å². The summed E-state index contributed by atoms with van der Waals surface area (Å²) in [6, 6.07) is 40.5. The molecule has 164 valence electrons. The monoisotopic (exact) mass is 436 g/mol. The number of hydrogen-bond donors (Lipinski definition) is 0. The Morgan fingerprint density at radius 3 is 1.85 bits per heavy atom. The molecule has 6 aromatic carbocycles. The van der Waals surface area contributed by atoms with Crippen molar-refractivity contribution >= 4 is 32.3 Å². The first kappa shape index (κ1) is 20.7. The minimum Gasteiger partial charge on any atom is -0.0616 e. The lowest BCUT2D eigenvalue weighted by Gasteiger charge is -2.18. The van der Waals surface area contributed by atoms with E-state index in [1.165, 1.54) is 65.7 Å². The summed E-state index contributed by atoms with van der Waals surface area (Å²) < 4.78 is 0. The molecule has 0 heterocycles. The van der Waals surface area contributed by atoms with E-state index in [-0.39, 0.29) is 0 Å². The molecule has 34 heavy (non-hydrogen) atoms. The van der Waals surface area contributed by atoms with Gasteiger partial charge in [0.05, 0.1) is 0 Å². The van der Waals surface area contributed by atoms with Crippen LogP contribution in [0.15, 0.2) is 109 Å². The van der Waals surface area contributed by atoms with Gasteiger partial charge in [0.2, 0.25) is 0 Å². The van der Waals surface area contributed by atoms with E-state index >= 15 is 0 Å². The van der Waals surface area contributed by atoms with Crippen LogP contribution in [0.25, 0.3) is 54.6 Å². The Morgan fingerprint density at radius 1 is 0.441 bits per heavy atom. The zero-order valence-corrected chi connectivity index (χ0v) is 19.8. The highest BCUT2D eigenvalue weighted by atomic mass is 14.2. The maximum Gasteiger partial charge on any atom is -0.00262 e. The zero-order chi connectivity index (χ0) is 23.1. The van der Waals surface area contributed by atoms with E-state index in [1.54, 1.807) is 0 Å². The molecule has 0 saturated heterocycles. The van der Waals surface area contributed by atoms with Gasteiger partial charge in [0.25, 0.3) is 0 Å². The smallest absolute Gasteiger partial charge is 0.00262 e. The molecule has 0 bridgehead atoms. The maximum absolute atomic E-state index is 2.41. The molecular weight excluding hydrogens is 408 g/mol. The summed E-state index contributed by atoms with van der Waals surface area (Å²) in [5.74, 6) is 0. The fourth-order valence-corrected chi connectivity index (χ4v) is 5.42. The van der Waals surface area contributed by atoms with Gasteiger partial charge >= 0.3 is 0 Å². The third kappa shape index (κ3) is 3.38. The van der Waals surface area contributed by atoms with Crippen LogP contribution in [0.3, 0.4) is 0 Å². The van der Waals surface area contributed by atoms with Gasteiger partial charge in [0.15, 0.2) is 0 Å². The van der Waals surface area contributed by atoms with Crippen molar-refractivity contribution in [2.45, 2.75) is 26.7 Å². The molecule has 0 unspecified atom stereocenters. The van der Waals surface area contributed by atoms with E-state index in [0.29, 0.717) is 0 Å².